The van der Waals surface area contributed by atoms with Crippen molar-refractivity contribution in [3.05, 3.63) is 96.5 Å². The maximum atomic E-state index is 11.7. The number of alkyl halides is 1. The maximum Gasteiger partial charge on any atom is 0.282 e. The molecule has 5 rings (SSSR count). The molecule has 1 N–H and O–H groups in total. The van der Waals surface area contributed by atoms with Gasteiger partial charge in [0, 0.05) is 27.8 Å². The van der Waals surface area contributed by atoms with E-state index in [0.717, 1.165) is 15.6 Å². The van der Waals surface area contributed by atoms with Crippen LogP contribution < -0.4 is 10.1 Å². The number of benzene rings is 3. The number of hydrogen-bond donors (Lipinski definition) is 1. The van der Waals surface area contributed by atoms with Gasteiger partial charge in [0.15, 0.2) is 0 Å². The molecule has 11 heteroatoms. The monoisotopic (exact) mass is 589 g/mol. The number of rotatable bonds is 6. The molecule has 0 radical (unpaired) electrons. The van der Waals surface area contributed by atoms with E-state index in [4.69, 9.17) is 16.3 Å². The van der Waals surface area contributed by atoms with Crippen LogP contribution in [0, 0.1) is 26.1 Å². The summed E-state index contributed by atoms with van der Waals surface area (Å²) in [5.41, 5.74) is 2.47. The number of halogens is 2. The highest BCUT2D eigenvalue weighted by atomic mass is 79.9. The van der Waals surface area contributed by atoms with Gasteiger partial charge in [-0.3, -0.25) is 20.2 Å². The summed E-state index contributed by atoms with van der Waals surface area (Å²) >= 11 is 12.0. The van der Waals surface area contributed by atoms with Gasteiger partial charge in [-0.05, 0) is 41.7 Å². The lowest BCUT2D eigenvalue weighted by Crippen LogP contribution is -2.31. The van der Waals surface area contributed by atoms with Crippen LogP contribution in [0.2, 0.25) is 0 Å². The number of fused-ring (bicyclic) bond motifs is 3. The molecule has 3 aromatic rings. The number of non-ortho nitro benzene ring substituents is 1. The van der Waals surface area contributed by atoms with Crippen LogP contribution in [-0.4, -0.2) is 27.6 Å². The lowest BCUT2D eigenvalue weighted by atomic mass is 9.77. The largest absolute Gasteiger partial charge is 0.494 e. The van der Waals surface area contributed by atoms with E-state index >= 15 is 0 Å². The minimum atomic E-state index is -0.434. The quantitative estimate of drug-likeness (QED) is 0.182. The molecule has 1 aliphatic heterocycles. The molecule has 1 fully saturated rings. The van der Waals surface area contributed by atoms with Crippen molar-refractivity contribution in [1.82, 2.24) is 0 Å². The molecule has 2 aliphatic rings. The number of methoxy groups -OCH3 is 1. The zero-order valence-electron chi connectivity index (χ0n) is 19.0. The van der Waals surface area contributed by atoms with Crippen molar-refractivity contribution in [2.75, 3.05) is 12.4 Å². The molecule has 186 valence electrons. The fraction of sp³-hybridized carbons (Fsp3) is 0.280. The number of thioether (sulfide) groups is 1. The summed E-state index contributed by atoms with van der Waals surface area (Å²) in [5.74, 6) is 0.178. The summed E-state index contributed by atoms with van der Waals surface area (Å²) in [6, 6.07) is 17.5. The van der Waals surface area contributed by atoms with Crippen molar-refractivity contribution < 1.29 is 14.6 Å². The summed E-state index contributed by atoms with van der Waals surface area (Å²) in [6.45, 7) is 0. The Balaban J connectivity index is 1.60. The van der Waals surface area contributed by atoms with Crippen LogP contribution >= 0.6 is 39.3 Å². The van der Waals surface area contributed by atoms with Gasteiger partial charge in [-0.1, -0.05) is 40.2 Å². The predicted molar refractivity (Wildman–Crippen MR) is 143 cm³/mol. The molecule has 0 saturated heterocycles. The van der Waals surface area contributed by atoms with E-state index in [1.165, 1.54) is 31.0 Å². The SMILES string of the molecule is COc1cc([N+](=O)[O-])cc2c1N[C@H](c1ccc(Br)cc1)[C@H]1C[C@@H](Sc3ccccc3[N+](=O)[O-])[C@@H](Cl)[C@H]21. The van der Waals surface area contributed by atoms with Crippen molar-refractivity contribution >= 4 is 56.4 Å². The van der Waals surface area contributed by atoms with E-state index in [1.807, 2.05) is 24.3 Å². The smallest absolute Gasteiger partial charge is 0.282 e. The van der Waals surface area contributed by atoms with Gasteiger partial charge >= 0.3 is 0 Å². The summed E-state index contributed by atoms with van der Waals surface area (Å²) in [6.07, 6.45) is 0.674. The van der Waals surface area contributed by atoms with Gasteiger partial charge in [0.1, 0.15) is 5.75 Å². The van der Waals surface area contributed by atoms with Gasteiger partial charge in [0.05, 0.1) is 45.0 Å². The Bertz CT molecular complexity index is 1340. The first-order chi connectivity index (χ1) is 17.3. The first kappa shape index (κ1) is 24.9. The summed E-state index contributed by atoms with van der Waals surface area (Å²) in [5, 5.41) is 26.3. The Morgan fingerprint density at radius 1 is 1.08 bits per heavy atom. The molecule has 1 heterocycles. The molecule has 5 atom stereocenters. The molecule has 8 nitrogen and oxygen atoms in total. The van der Waals surface area contributed by atoms with E-state index in [0.29, 0.717) is 22.8 Å². The van der Waals surface area contributed by atoms with Gasteiger partial charge < -0.3 is 10.1 Å². The zero-order valence-corrected chi connectivity index (χ0v) is 22.1. The molecular weight excluding hydrogens is 570 g/mol. The lowest BCUT2D eigenvalue weighted by Gasteiger charge is -2.38. The minimum Gasteiger partial charge on any atom is -0.494 e. The number of nitro groups is 2. The van der Waals surface area contributed by atoms with E-state index in [2.05, 4.69) is 21.2 Å². The van der Waals surface area contributed by atoms with Gasteiger partial charge in [0.25, 0.3) is 11.4 Å². The predicted octanol–water partition coefficient (Wildman–Crippen LogP) is 7.31. The Morgan fingerprint density at radius 2 is 1.81 bits per heavy atom. The molecule has 0 spiro atoms. The number of anilines is 1. The fourth-order valence-corrected chi connectivity index (χ4v) is 7.52. The average Bonchev–Trinajstić information content (AvgIpc) is 3.19. The van der Waals surface area contributed by atoms with Crippen molar-refractivity contribution in [2.24, 2.45) is 5.92 Å². The Morgan fingerprint density at radius 3 is 2.47 bits per heavy atom. The van der Waals surface area contributed by atoms with Crippen molar-refractivity contribution in [2.45, 2.75) is 33.9 Å². The Kier molecular flexibility index (Phi) is 6.84. The van der Waals surface area contributed by atoms with Gasteiger partial charge in [-0.25, -0.2) is 0 Å². The maximum absolute atomic E-state index is 11.7. The topological polar surface area (TPSA) is 108 Å². The van der Waals surface area contributed by atoms with Crippen LogP contribution in [0.5, 0.6) is 5.75 Å². The van der Waals surface area contributed by atoms with Crippen molar-refractivity contribution in [3.63, 3.8) is 0 Å². The second-order valence-corrected chi connectivity index (χ2v) is 11.5. The molecular formula is C25H21BrClN3O5S. The Hall–Kier alpha value is -2.82. The average molecular weight is 591 g/mol. The molecule has 1 aliphatic carbocycles. The highest BCUT2D eigenvalue weighted by Gasteiger charge is 2.51. The molecule has 3 aromatic carbocycles. The van der Waals surface area contributed by atoms with E-state index in [1.54, 1.807) is 24.3 Å². The lowest BCUT2D eigenvalue weighted by molar-refractivity contribution is -0.387. The first-order valence-corrected chi connectivity index (χ1v) is 13.3. The fourth-order valence-electron chi connectivity index (χ4n) is 5.31. The molecule has 0 aromatic heterocycles. The normalized spacial score (nSPS) is 24.4. The van der Waals surface area contributed by atoms with Crippen molar-refractivity contribution in [1.29, 1.82) is 0 Å². The molecule has 0 amide bonds. The third-order valence-electron chi connectivity index (χ3n) is 6.87. The Labute approximate surface area is 224 Å². The number of para-hydroxylation sites is 1. The third kappa shape index (κ3) is 4.42. The number of nitrogens with one attached hydrogen (secondary N) is 1. The van der Waals surface area contributed by atoms with Crippen molar-refractivity contribution in [3.8, 4) is 5.75 Å². The number of nitro benzene ring substituents is 2. The van der Waals surface area contributed by atoms with Gasteiger partial charge in [-0.15, -0.1) is 23.4 Å². The molecule has 1 saturated carbocycles. The van der Waals surface area contributed by atoms with Crippen LogP contribution in [0.4, 0.5) is 17.1 Å². The second-order valence-electron chi connectivity index (χ2n) is 8.79. The van der Waals surface area contributed by atoms with Gasteiger partial charge in [-0.2, -0.15) is 0 Å². The van der Waals surface area contributed by atoms with E-state index in [-0.39, 0.29) is 39.4 Å². The zero-order chi connectivity index (χ0) is 25.6. The third-order valence-corrected chi connectivity index (χ3v) is 9.51. The standard InChI is InChI=1S/C25H21BrClN3O5S/c1-35-19-11-15(29(31)32)10-16-22-17(24(28-25(16)19)13-6-8-14(26)9-7-13)12-21(23(22)27)36-20-5-3-2-4-18(20)30(33)34/h2-11,17,21-24,28H,12H2,1H3/t17-,21+,22+,23+,24+/m0/s1. The van der Waals surface area contributed by atoms with Crippen LogP contribution in [0.15, 0.2) is 70.0 Å². The summed E-state index contributed by atoms with van der Waals surface area (Å²) in [7, 11) is 1.49. The minimum absolute atomic E-state index is 0.00755. The molecule has 0 bridgehead atoms. The number of hydrogen-bond acceptors (Lipinski definition) is 7. The molecule has 36 heavy (non-hydrogen) atoms. The second kappa shape index (κ2) is 9.91. The van der Waals surface area contributed by atoms with Crippen LogP contribution in [0.3, 0.4) is 0 Å². The highest BCUT2D eigenvalue weighted by Crippen LogP contribution is 2.60. The summed E-state index contributed by atoms with van der Waals surface area (Å²) < 4.78 is 6.51. The summed E-state index contributed by atoms with van der Waals surface area (Å²) in [4.78, 5) is 23.0. The van der Waals surface area contributed by atoms with Gasteiger partial charge in [0.2, 0.25) is 0 Å². The van der Waals surface area contributed by atoms with Crippen LogP contribution in [0.1, 0.15) is 29.5 Å². The van der Waals surface area contributed by atoms with E-state index < -0.39 is 10.3 Å². The molecule has 0 unspecified atom stereocenters. The first-order valence-electron chi connectivity index (χ1n) is 11.2. The number of ether oxygens (including phenoxy) is 1. The highest BCUT2D eigenvalue weighted by molar-refractivity contribution is 9.10. The van der Waals surface area contributed by atoms with Crippen LogP contribution in [-0.2, 0) is 0 Å². The van der Waals surface area contributed by atoms with Crippen LogP contribution in [0.25, 0.3) is 0 Å². The van der Waals surface area contributed by atoms with E-state index in [9.17, 15) is 20.2 Å². The number of nitrogens with zero attached hydrogens (tertiary/aromatic N) is 2.